The first kappa shape index (κ1) is 12.5. The van der Waals surface area contributed by atoms with Crippen molar-refractivity contribution in [3.63, 3.8) is 0 Å². The monoisotopic (exact) mass is 215 g/mol. The number of carboxylic acid groups (broad SMARTS) is 1. The standard InChI is InChI=1S/C11H21NO3/c1-9(2)15-10-4-3-6-12(8-10)7-5-11(13)14/h9-10H,3-8H2,1-2H3,(H,13,14). The van der Waals surface area contributed by atoms with Crippen LogP contribution in [0.2, 0.25) is 0 Å². The summed E-state index contributed by atoms with van der Waals surface area (Å²) in [6, 6.07) is 0. The fourth-order valence-electron chi connectivity index (χ4n) is 1.97. The number of carbonyl (C=O) groups is 1. The molecule has 1 saturated heterocycles. The maximum absolute atomic E-state index is 10.4. The summed E-state index contributed by atoms with van der Waals surface area (Å²) in [4.78, 5) is 12.6. The van der Waals surface area contributed by atoms with Gasteiger partial charge in [0.1, 0.15) is 0 Å². The largest absolute Gasteiger partial charge is 0.481 e. The Morgan fingerprint density at radius 3 is 2.93 bits per heavy atom. The number of rotatable bonds is 5. The molecule has 88 valence electrons. The molecule has 0 radical (unpaired) electrons. The van der Waals surface area contributed by atoms with Crippen molar-refractivity contribution in [2.75, 3.05) is 19.6 Å². The number of aliphatic carboxylic acids is 1. The van der Waals surface area contributed by atoms with Crippen LogP contribution in [0.4, 0.5) is 0 Å². The van der Waals surface area contributed by atoms with E-state index in [2.05, 4.69) is 4.90 Å². The van der Waals surface area contributed by atoms with Crippen LogP contribution in [-0.4, -0.2) is 47.8 Å². The highest BCUT2D eigenvalue weighted by Gasteiger charge is 2.21. The Morgan fingerprint density at radius 1 is 1.60 bits per heavy atom. The molecule has 0 bridgehead atoms. The third kappa shape index (κ3) is 5.14. The van der Waals surface area contributed by atoms with Crippen LogP contribution in [0.5, 0.6) is 0 Å². The van der Waals surface area contributed by atoms with Crippen LogP contribution in [-0.2, 0) is 9.53 Å². The van der Waals surface area contributed by atoms with E-state index in [1.54, 1.807) is 0 Å². The maximum Gasteiger partial charge on any atom is 0.304 e. The van der Waals surface area contributed by atoms with Crippen molar-refractivity contribution < 1.29 is 14.6 Å². The smallest absolute Gasteiger partial charge is 0.304 e. The summed E-state index contributed by atoms with van der Waals surface area (Å²) in [6.45, 7) is 6.61. The minimum atomic E-state index is -0.720. The molecule has 0 aromatic heterocycles. The molecule has 0 spiro atoms. The summed E-state index contributed by atoms with van der Waals surface area (Å²) in [6.07, 6.45) is 2.98. The average molecular weight is 215 g/mol. The lowest BCUT2D eigenvalue weighted by molar-refractivity contribution is -0.137. The summed E-state index contributed by atoms with van der Waals surface area (Å²) in [7, 11) is 0. The second-order valence-corrected chi connectivity index (χ2v) is 4.39. The van der Waals surface area contributed by atoms with Gasteiger partial charge in [0.25, 0.3) is 0 Å². The van der Waals surface area contributed by atoms with Crippen LogP contribution in [0, 0.1) is 0 Å². The van der Waals surface area contributed by atoms with Crippen molar-refractivity contribution in [1.82, 2.24) is 4.90 Å². The molecule has 0 saturated carbocycles. The zero-order valence-electron chi connectivity index (χ0n) is 9.61. The Kier molecular flexibility index (Phi) is 5.05. The first-order valence-electron chi connectivity index (χ1n) is 5.67. The van der Waals surface area contributed by atoms with Gasteiger partial charge < -0.3 is 14.7 Å². The van der Waals surface area contributed by atoms with E-state index >= 15 is 0 Å². The lowest BCUT2D eigenvalue weighted by atomic mass is 10.1. The number of likely N-dealkylation sites (tertiary alicyclic amines) is 1. The van der Waals surface area contributed by atoms with E-state index in [-0.39, 0.29) is 18.6 Å². The molecule has 1 heterocycles. The van der Waals surface area contributed by atoms with Crippen molar-refractivity contribution in [1.29, 1.82) is 0 Å². The molecule has 1 N–H and O–H groups in total. The molecule has 1 fully saturated rings. The van der Waals surface area contributed by atoms with Crippen LogP contribution in [0.3, 0.4) is 0 Å². The van der Waals surface area contributed by atoms with E-state index < -0.39 is 5.97 Å². The van der Waals surface area contributed by atoms with Crippen LogP contribution in [0.15, 0.2) is 0 Å². The van der Waals surface area contributed by atoms with Crippen LogP contribution in [0.25, 0.3) is 0 Å². The molecule has 0 amide bonds. The fraction of sp³-hybridized carbons (Fsp3) is 0.909. The van der Waals surface area contributed by atoms with Crippen molar-refractivity contribution in [3.05, 3.63) is 0 Å². The number of hydrogen-bond donors (Lipinski definition) is 1. The van der Waals surface area contributed by atoms with E-state index in [9.17, 15) is 4.79 Å². The summed E-state index contributed by atoms with van der Waals surface area (Å²) in [5.74, 6) is -0.720. The minimum absolute atomic E-state index is 0.231. The van der Waals surface area contributed by atoms with Gasteiger partial charge in [-0.3, -0.25) is 4.79 Å². The Balaban J connectivity index is 2.25. The van der Waals surface area contributed by atoms with Gasteiger partial charge >= 0.3 is 5.97 Å². The van der Waals surface area contributed by atoms with Gasteiger partial charge in [0, 0.05) is 13.1 Å². The first-order valence-corrected chi connectivity index (χ1v) is 5.67. The Hall–Kier alpha value is -0.610. The molecule has 1 rings (SSSR count). The van der Waals surface area contributed by atoms with Gasteiger partial charge in [-0.15, -0.1) is 0 Å². The first-order chi connectivity index (χ1) is 7.08. The SMILES string of the molecule is CC(C)OC1CCCN(CCC(=O)O)C1. The minimum Gasteiger partial charge on any atom is -0.481 e. The molecule has 4 nitrogen and oxygen atoms in total. The van der Waals surface area contributed by atoms with Gasteiger partial charge in [0.15, 0.2) is 0 Å². The zero-order valence-corrected chi connectivity index (χ0v) is 9.61. The molecule has 0 aromatic carbocycles. The quantitative estimate of drug-likeness (QED) is 0.752. The predicted octanol–water partition coefficient (Wildman–Crippen LogP) is 1.35. The second-order valence-electron chi connectivity index (χ2n) is 4.39. The Bertz CT molecular complexity index is 206. The molecule has 1 atom stereocenters. The van der Waals surface area contributed by atoms with Crippen molar-refractivity contribution >= 4 is 5.97 Å². The summed E-state index contributed by atoms with van der Waals surface area (Å²) in [5, 5.41) is 8.60. The van der Waals surface area contributed by atoms with Crippen LogP contribution < -0.4 is 0 Å². The summed E-state index contributed by atoms with van der Waals surface area (Å²) < 4.78 is 5.74. The molecular formula is C11H21NO3. The Labute approximate surface area is 91.2 Å². The molecule has 4 heteroatoms. The van der Waals surface area contributed by atoms with Crippen molar-refractivity contribution in [2.24, 2.45) is 0 Å². The van der Waals surface area contributed by atoms with Gasteiger partial charge in [-0.2, -0.15) is 0 Å². The molecule has 15 heavy (non-hydrogen) atoms. The van der Waals surface area contributed by atoms with E-state index in [1.165, 1.54) is 0 Å². The highest BCUT2D eigenvalue weighted by atomic mass is 16.5. The zero-order chi connectivity index (χ0) is 11.3. The van der Waals surface area contributed by atoms with Gasteiger partial charge in [-0.1, -0.05) is 0 Å². The molecule has 1 aliphatic rings. The summed E-state index contributed by atoms with van der Waals surface area (Å²) >= 11 is 0. The van der Waals surface area contributed by atoms with Crippen molar-refractivity contribution in [2.45, 2.75) is 45.3 Å². The van der Waals surface area contributed by atoms with E-state index in [0.717, 1.165) is 25.9 Å². The molecular weight excluding hydrogens is 194 g/mol. The predicted molar refractivity (Wildman–Crippen MR) is 57.9 cm³/mol. The fourth-order valence-corrected chi connectivity index (χ4v) is 1.97. The number of piperidine rings is 1. The second kappa shape index (κ2) is 6.08. The Morgan fingerprint density at radius 2 is 2.33 bits per heavy atom. The summed E-state index contributed by atoms with van der Waals surface area (Å²) in [5.41, 5.74) is 0. The van der Waals surface area contributed by atoms with Gasteiger partial charge in [-0.05, 0) is 33.2 Å². The van der Waals surface area contributed by atoms with Gasteiger partial charge in [-0.25, -0.2) is 0 Å². The molecule has 0 aliphatic carbocycles. The van der Waals surface area contributed by atoms with Crippen LogP contribution >= 0.6 is 0 Å². The van der Waals surface area contributed by atoms with E-state index in [1.807, 2.05) is 13.8 Å². The third-order valence-electron chi connectivity index (χ3n) is 2.57. The normalized spacial score (nSPS) is 23.3. The van der Waals surface area contributed by atoms with Crippen LogP contribution in [0.1, 0.15) is 33.1 Å². The van der Waals surface area contributed by atoms with Gasteiger partial charge in [0.05, 0.1) is 18.6 Å². The maximum atomic E-state index is 10.4. The highest BCUT2D eigenvalue weighted by molar-refractivity contribution is 5.66. The number of ether oxygens (including phenoxy) is 1. The van der Waals surface area contributed by atoms with E-state index in [4.69, 9.17) is 9.84 Å². The van der Waals surface area contributed by atoms with E-state index in [0.29, 0.717) is 6.54 Å². The lowest BCUT2D eigenvalue weighted by Gasteiger charge is -2.33. The van der Waals surface area contributed by atoms with Crippen molar-refractivity contribution in [3.8, 4) is 0 Å². The number of nitrogens with zero attached hydrogens (tertiary/aromatic N) is 1. The third-order valence-corrected chi connectivity index (χ3v) is 2.57. The molecule has 1 unspecified atom stereocenters. The van der Waals surface area contributed by atoms with Gasteiger partial charge in [0.2, 0.25) is 0 Å². The lowest BCUT2D eigenvalue weighted by Crippen LogP contribution is -2.41. The average Bonchev–Trinajstić information content (AvgIpc) is 2.14. The highest BCUT2D eigenvalue weighted by Crippen LogP contribution is 2.14. The molecule has 1 aliphatic heterocycles. The number of hydrogen-bond acceptors (Lipinski definition) is 3. The topological polar surface area (TPSA) is 49.8 Å². The molecule has 0 aromatic rings. The number of carboxylic acids is 1.